The van der Waals surface area contributed by atoms with Crippen LogP contribution in [-0.2, 0) is 6.42 Å². The monoisotopic (exact) mass is 355 g/mol. The highest BCUT2D eigenvalue weighted by atomic mass is 16.5. The lowest BCUT2D eigenvalue weighted by molar-refractivity contribution is 0.107. The van der Waals surface area contributed by atoms with Crippen molar-refractivity contribution in [3.63, 3.8) is 0 Å². The molecule has 0 saturated carbocycles. The molecule has 0 atom stereocenters. The molecule has 0 unspecified atom stereocenters. The number of aromatic nitrogens is 1. The van der Waals surface area contributed by atoms with Crippen molar-refractivity contribution < 1.29 is 14.3 Å². The van der Waals surface area contributed by atoms with E-state index in [0.717, 1.165) is 25.0 Å². The highest BCUT2D eigenvalue weighted by Gasteiger charge is 2.23. The van der Waals surface area contributed by atoms with E-state index in [1.807, 2.05) is 47.4 Å². The summed E-state index contributed by atoms with van der Waals surface area (Å²) < 4.78 is 11.0. The number of carbonyl (C=O) groups is 1. The highest BCUT2D eigenvalue weighted by Crippen LogP contribution is 2.17. The fourth-order valence-electron chi connectivity index (χ4n) is 2.98. The molecule has 26 heavy (non-hydrogen) atoms. The molecule has 1 aromatic heterocycles. The van der Waals surface area contributed by atoms with E-state index in [-0.39, 0.29) is 12.1 Å². The third-order valence-corrected chi connectivity index (χ3v) is 4.50. The van der Waals surface area contributed by atoms with Crippen LogP contribution >= 0.6 is 0 Å². The van der Waals surface area contributed by atoms with Gasteiger partial charge in [0.2, 0.25) is 5.88 Å². The van der Waals surface area contributed by atoms with Crippen LogP contribution in [-0.4, -0.2) is 48.8 Å². The zero-order valence-corrected chi connectivity index (χ0v) is 15.1. The number of nitrogens with zero attached hydrogens (tertiary/aromatic N) is 2. The van der Waals surface area contributed by atoms with Gasteiger partial charge in [0.05, 0.1) is 7.11 Å². The first-order valence-electron chi connectivity index (χ1n) is 8.98. The minimum Gasteiger partial charge on any atom is -0.497 e. The molecular weight excluding hydrogens is 330 g/mol. The van der Waals surface area contributed by atoms with Crippen molar-refractivity contribution >= 4 is 6.03 Å². The molecule has 138 valence electrons. The van der Waals surface area contributed by atoms with Crippen molar-refractivity contribution in [3.05, 3.63) is 54.2 Å². The predicted molar refractivity (Wildman–Crippen MR) is 99.6 cm³/mol. The van der Waals surface area contributed by atoms with Crippen LogP contribution in [0.4, 0.5) is 4.79 Å². The smallest absolute Gasteiger partial charge is 0.317 e. The Labute approximate surface area is 154 Å². The molecule has 1 aliphatic rings. The summed E-state index contributed by atoms with van der Waals surface area (Å²) in [5.74, 6) is 1.49. The molecule has 2 amide bonds. The Morgan fingerprint density at radius 3 is 2.62 bits per heavy atom. The van der Waals surface area contributed by atoms with E-state index >= 15 is 0 Å². The summed E-state index contributed by atoms with van der Waals surface area (Å²) in [6.45, 7) is 2.02. The lowest BCUT2D eigenvalue weighted by atomic mass is 10.1. The Kier molecular flexibility index (Phi) is 6.30. The van der Waals surface area contributed by atoms with Gasteiger partial charge >= 0.3 is 6.03 Å². The van der Waals surface area contributed by atoms with Crippen LogP contribution in [0.1, 0.15) is 18.4 Å². The van der Waals surface area contributed by atoms with Gasteiger partial charge in [0.1, 0.15) is 11.9 Å². The summed E-state index contributed by atoms with van der Waals surface area (Å²) in [7, 11) is 1.65. The SMILES string of the molecule is COc1ccc(CCNC(=O)N2CCC(Oc3ccccn3)CC2)cc1. The van der Waals surface area contributed by atoms with E-state index in [2.05, 4.69) is 10.3 Å². The number of nitrogens with one attached hydrogen (secondary N) is 1. The van der Waals surface area contributed by atoms with Gasteiger partial charge in [-0.05, 0) is 30.2 Å². The van der Waals surface area contributed by atoms with Gasteiger partial charge in [0.15, 0.2) is 0 Å². The molecule has 1 aromatic carbocycles. The van der Waals surface area contributed by atoms with Crippen LogP contribution < -0.4 is 14.8 Å². The molecule has 2 aromatic rings. The Balaban J connectivity index is 1.36. The number of carbonyl (C=O) groups excluding carboxylic acids is 1. The second-order valence-corrected chi connectivity index (χ2v) is 6.30. The molecule has 0 bridgehead atoms. The Hall–Kier alpha value is -2.76. The highest BCUT2D eigenvalue weighted by molar-refractivity contribution is 5.74. The first-order valence-corrected chi connectivity index (χ1v) is 8.98. The zero-order valence-electron chi connectivity index (χ0n) is 15.1. The van der Waals surface area contributed by atoms with E-state index in [4.69, 9.17) is 9.47 Å². The first-order chi connectivity index (χ1) is 12.7. The molecule has 1 fully saturated rings. The second kappa shape index (κ2) is 9.08. The maximum absolute atomic E-state index is 12.3. The fourth-order valence-corrected chi connectivity index (χ4v) is 2.98. The summed E-state index contributed by atoms with van der Waals surface area (Å²) in [5, 5.41) is 3.00. The van der Waals surface area contributed by atoms with Crippen LogP contribution in [0.3, 0.4) is 0 Å². The number of hydrogen-bond acceptors (Lipinski definition) is 4. The molecule has 0 spiro atoms. The van der Waals surface area contributed by atoms with Crippen molar-refractivity contribution in [2.45, 2.75) is 25.4 Å². The third-order valence-electron chi connectivity index (χ3n) is 4.50. The molecule has 1 aliphatic heterocycles. The lowest BCUT2D eigenvalue weighted by Crippen LogP contribution is -2.46. The molecule has 6 heteroatoms. The van der Waals surface area contributed by atoms with Crippen LogP contribution in [0.25, 0.3) is 0 Å². The van der Waals surface area contributed by atoms with E-state index in [0.29, 0.717) is 25.5 Å². The molecule has 3 rings (SSSR count). The number of ether oxygens (including phenoxy) is 2. The molecular formula is C20H25N3O3. The third kappa shape index (κ3) is 5.12. The maximum atomic E-state index is 12.3. The fraction of sp³-hybridized carbons (Fsp3) is 0.400. The molecule has 2 heterocycles. The average molecular weight is 355 g/mol. The number of methoxy groups -OCH3 is 1. The van der Waals surface area contributed by atoms with Gasteiger partial charge in [0.25, 0.3) is 0 Å². The quantitative estimate of drug-likeness (QED) is 0.865. The standard InChI is InChI=1S/C20H25N3O3/c1-25-17-7-5-16(6-8-17)9-13-22-20(24)23-14-10-18(11-15-23)26-19-4-2-3-12-21-19/h2-8,12,18H,9-11,13-15H2,1H3,(H,22,24). The number of piperidine rings is 1. The number of urea groups is 1. The Morgan fingerprint density at radius 2 is 1.96 bits per heavy atom. The van der Waals surface area contributed by atoms with Gasteiger partial charge in [-0.2, -0.15) is 0 Å². The largest absolute Gasteiger partial charge is 0.497 e. The lowest BCUT2D eigenvalue weighted by Gasteiger charge is -2.31. The summed E-state index contributed by atoms with van der Waals surface area (Å²) in [6, 6.07) is 13.5. The number of likely N-dealkylation sites (tertiary alicyclic amines) is 1. The number of hydrogen-bond donors (Lipinski definition) is 1. The minimum absolute atomic E-state index is 0.00482. The van der Waals surface area contributed by atoms with Gasteiger partial charge in [0, 0.05) is 44.7 Å². The van der Waals surface area contributed by atoms with Crippen LogP contribution in [0.2, 0.25) is 0 Å². The number of benzene rings is 1. The Morgan fingerprint density at radius 1 is 1.19 bits per heavy atom. The van der Waals surface area contributed by atoms with Crippen LogP contribution in [0.15, 0.2) is 48.7 Å². The van der Waals surface area contributed by atoms with Crippen LogP contribution in [0.5, 0.6) is 11.6 Å². The summed E-state index contributed by atoms with van der Waals surface area (Å²) in [4.78, 5) is 18.3. The van der Waals surface area contributed by atoms with Gasteiger partial charge in [-0.25, -0.2) is 9.78 Å². The molecule has 0 radical (unpaired) electrons. The van der Waals surface area contributed by atoms with Gasteiger partial charge in [-0.1, -0.05) is 18.2 Å². The van der Waals surface area contributed by atoms with Gasteiger partial charge < -0.3 is 19.7 Å². The molecule has 6 nitrogen and oxygen atoms in total. The molecule has 1 N–H and O–H groups in total. The number of amides is 2. The Bertz CT molecular complexity index is 683. The second-order valence-electron chi connectivity index (χ2n) is 6.30. The first kappa shape index (κ1) is 18.0. The summed E-state index contributed by atoms with van der Waals surface area (Å²) in [5.41, 5.74) is 1.17. The minimum atomic E-state index is -0.00482. The number of pyridine rings is 1. The van der Waals surface area contributed by atoms with E-state index in [9.17, 15) is 4.79 Å². The summed E-state index contributed by atoms with van der Waals surface area (Å²) >= 11 is 0. The van der Waals surface area contributed by atoms with E-state index in [1.54, 1.807) is 13.3 Å². The van der Waals surface area contributed by atoms with Crippen molar-refractivity contribution in [2.75, 3.05) is 26.7 Å². The van der Waals surface area contributed by atoms with E-state index < -0.39 is 0 Å². The predicted octanol–water partition coefficient (Wildman–Crippen LogP) is 2.89. The summed E-state index contributed by atoms with van der Waals surface area (Å²) in [6.07, 6.45) is 4.29. The van der Waals surface area contributed by atoms with Crippen molar-refractivity contribution in [1.29, 1.82) is 0 Å². The van der Waals surface area contributed by atoms with Crippen molar-refractivity contribution in [3.8, 4) is 11.6 Å². The average Bonchev–Trinajstić information content (AvgIpc) is 2.70. The normalized spacial score (nSPS) is 14.7. The van der Waals surface area contributed by atoms with E-state index in [1.165, 1.54) is 5.56 Å². The molecule has 0 aliphatic carbocycles. The van der Waals surface area contributed by atoms with Gasteiger partial charge in [-0.3, -0.25) is 0 Å². The molecule has 1 saturated heterocycles. The van der Waals surface area contributed by atoms with Gasteiger partial charge in [-0.15, -0.1) is 0 Å². The van der Waals surface area contributed by atoms with Crippen molar-refractivity contribution in [2.24, 2.45) is 0 Å². The topological polar surface area (TPSA) is 63.7 Å². The zero-order chi connectivity index (χ0) is 18.2. The maximum Gasteiger partial charge on any atom is 0.317 e. The number of rotatable bonds is 6. The van der Waals surface area contributed by atoms with Crippen molar-refractivity contribution in [1.82, 2.24) is 15.2 Å². The van der Waals surface area contributed by atoms with Crippen LogP contribution in [0, 0.1) is 0 Å².